The molecule has 1 fully saturated rings. The largest absolute Gasteiger partial charge is 0.461 e. The fourth-order valence-corrected chi connectivity index (χ4v) is 4.86. The molecule has 3 heterocycles. The fourth-order valence-electron chi connectivity index (χ4n) is 3.16. The maximum Gasteiger partial charge on any atom is 0.158 e. The summed E-state index contributed by atoms with van der Waals surface area (Å²) >= 11 is 0. The van der Waals surface area contributed by atoms with Crippen LogP contribution in [0.3, 0.4) is 0 Å². The number of furan rings is 1. The van der Waals surface area contributed by atoms with Gasteiger partial charge in [-0.05, 0) is 44.5 Å². The van der Waals surface area contributed by atoms with Gasteiger partial charge in [0.1, 0.15) is 17.2 Å². The molecule has 4 rings (SSSR count). The van der Waals surface area contributed by atoms with E-state index in [1.54, 1.807) is 4.68 Å². The Morgan fingerprint density at radius 1 is 1.26 bits per heavy atom. The van der Waals surface area contributed by atoms with Gasteiger partial charge in [-0.15, -0.1) is 0 Å². The van der Waals surface area contributed by atoms with E-state index in [1.807, 2.05) is 38.1 Å². The van der Waals surface area contributed by atoms with E-state index in [4.69, 9.17) is 4.42 Å². The van der Waals surface area contributed by atoms with Gasteiger partial charge in [0.05, 0.1) is 17.5 Å². The minimum atomic E-state index is -2.97. The van der Waals surface area contributed by atoms with Crippen LogP contribution in [0.15, 0.2) is 28.7 Å². The van der Waals surface area contributed by atoms with Gasteiger partial charge in [0.2, 0.25) is 0 Å². The van der Waals surface area contributed by atoms with Gasteiger partial charge in [-0.1, -0.05) is 0 Å². The summed E-state index contributed by atoms with van der Waals surface area (Å²) in [5.41, 5.74) is 1.75. The number of aryl methyl sites for hydroxylation is 2. The van der Waals surface area contributed by atoms with Crippen molar-refractivity contribution in [3.63, 3.8) is 0 Å². The van der Waals surface area contributed by atoms with E-state index in [1.165, 1.54) is 0 Å². The molecule has 0 bridgehead atoms. The molecule has 1 aliphatic rings. The zero-order chi connectivity index (χ0) is 16.2. The molecule has 1 aromatic carbocycles. The second-order valence-electron chi connectivity index (χ2n) is 6.09. The van der Waals surface area contributed by atoms with Crippen molar-refractivity contribution < 1.29 is 12.8 Å². The lowest BCUT2D eigenvalue weighted by Gasteiger charge is -2.11. The third kappa shape index (κ3) is 2.55. The average molecular weight is 331 g/mol. The van der Waals surface area contributed by atoms with Crippen LogP contribution in [0.2, 0.25) is 0 Å². The number of sulfone groups is 1. The van der Waals surface area contributed by atoms with E-state index in [-0.39, 0.29) is 17.5 Å². The van der Waals surface area contributed by atoms with Gasteiger partial charge in [-0.25, -0.2) is 18.1 Å². The molecule has 7 heteroatoms. The number of rotatable bonds is 2. The predicted molar refractivity (Wildman–Crippen MR) is 87.0 cm³/mol. The summed E-state index contributed by atoms with van der Waals surface area (Å²) in [4.78, 5) is 4.51. The lowest BCUT2D eigenvalue weighted by atomic mass is 10.1. The highest BCUT2D eigenvalue weighted by molar-refractivity contribution is 7.91. The SMILES string of the molecule is Cc1nc(-c2ccc3oc(C)cc3c2)n([C@H]2CCS(=O)(=O)C2)n1. The first-order valence-electron chi connectivity index (χ1n) is 7.55. The Morgan fingerprint density at radius 2 is 2.09 bits per heavy atom. The first kappa shape index (κ1) is 14.4. The second kappa shape index (κ2) is 4.92. The summed E-state index contributed by atoms with van der Waals surface area (Å²) in [7, 11) is -2.97. The van der Waals surface area contributed by atoms with Gasteiger partial charge < -0.3 is 4.42 Å². The molecule has 0 spiro atoms. The van der Waals surface area contributed by atoms with Crippen LogP contribution in [0.5, 0.6) is 0 Å². The number of benzene rings is 1. The number of hydrogen-bond acceptors (Lipinski definition) is 5. The Bertz CT molecular complexity index is 1000. The number of fused-ring (bicyclic) bond motifs is 1. The Balaban J connectivity index is 1.81. The van der Waals surface area contributed by atoms with Crippen molar-refractivity contribution in [3.8, 4) is 11.4 Å². The molecule has 0 aliphatic carbocycles. The Morgan fingerprint density at radius 3 is 2.83 bits per heavy atom. The van der Waals surface area contributed by atoms with Gasteiger partial charge >= 0.3 is 0 Å². The van der Waals surface area contributed by atoms with Crippen LogP contribution in [0, 0.1) is 13.8 Å². The van der Waals surface area contributed by atoms with Crippen molar-refractivity contribution in [1.29, 1.82) is 0 Å². The van der Waals surface area contributed by atoms with Crippen molar-refractivity contribution in [2.45, 2.75) is 26.3 Å². The van der Waals surface area contributed by atoms with Crippen molar-refractivity contribution in [1.82, 2.24) is 14.8 Å². The van der Waals surface area contributed by atoms with Crippen LogP contribution in [-0.4, -0.2) is 34.7 Å². The maximum atomic E-state index is 11.8. The molecule has 23 heavy (non-hydrogen) atoms. The molecule has 1 atom stereocenters. The van der Waals surface area contributed by atoms with Crippen LogP contribution in [0.1, 0.15) is 24.0 Å². The van der Waals surface area contributed by atoms with E-state index in [9.17, 15) is 8.42 Å². The van der Waals surface area contributed by atoms with Crippen LogP contribution < -0.4 is 0 Å². The smallest absolute Gasteiger partial charge is 0.158 e. The van der Waals surface area contributed by atoms with Crippen LogP contribution in [0.4, 0.5) is 0 Å². The predicted octanol–water partition coefficient (Wildman–Crippen LogP) is 2.67. The van der Waals surface area contributed by atoms with Gasteiger partial charge in [0.25, 0.3) is 0 Å². The highest BCUT2D eigenvalue weighted by Crippen LogP contribution is 2.30. The lowest BCUT2D eigenvalue weighted by Crippen LogP contribution is -2.13. The molecule has 0 saturated carbocycles. The highest BCUT2D eigenvalue weighted by atomic mass is 32.2. The quantitative estimate of drug-likeness (QED) is 0.721. The van der Waals surface area contributed by atoms with Crippen LogP contribution in [0.25, 0.3) is 22.4 Å². The topological polar surface area (TPSA) is 78.0 Å². The molecular weight excluding hydrogens is 314 g/mol. The average Bonchev–Trinajstić information content (AvgIpc) is 3.13. The Kier molecular flexibility index (Phi) is 3.09. The number of aromatic nitrogens is 3. The standard InChI is InChI=1S/C16H17N3O3S/c1-10-7-13-8-12(3-4-15(13)22-10)16-17-11(2)18-19(16)14-5-6-23(20,21)9-14/h3-4,7-8,14H,5-6,9H2,1-2H3/t14-/m0/s1. The van der Waals surface area contributed by atoms with E-state index < -0.39 is 9.84 Å². The van der Waals surface area contributed by atoms with E-state index in [0.717, 1.165) is 22.3 Å². The number of nitrogens with zero attached hydrogens (tertiary/aromatic N) is 3. The van der Waals surface area contributed by atoms with E-state index >= 15 is 0 Å². The normalized spacial score (nSPS) is 20.3. The molecule has 3 aromatic rings. The third-order valence-electron chi connectivity index (χ3n) is 4.19. The van der Waals surface area contributed by atoms with Gasteiger partial charge in [0.15, 0.2) is 15.7 Å². The molecule has 0 radical (unpaired) electrons. The molecular formula is C16H17N3O3S. The Hall–Kier alpha value is -2.15. The minimum Gasteiger partial charge on any atom is -0.461 e. The third-order valence-corrected chi connectivity index (χ3v) is 5.94. The van der Waals surface area contributed by atoms with Gasteiger partial charge in [-0.3, -0.25) is 0 Å². The maximum absolute atomic E-state index is 11.8. The molecule has 120 valence electrons. The van der Waals surface area contributed by atoms with Gasteiger partial charge in [-0.2, -0.15) is 5.10 Å². The first-order valence-corrected chi connectivity index (χ1v) is 9.37. The molecule has 2 aromatic heterocycles. The summed E-state index contributed by atoms with van der Waals surface area (Å²) in [5.74, 6) is 2.57. The van der Waals surface area contributed by atoms with E-state index in [0.29, 0.717) is 18.1 Å². The van der Waals surface area contributed by atoms with Gasteiger partial charge in [0, 0.05) is 10.9 Å². The second-order valence-corrected chi connectivity index (χ2v) is 8.32. The zero-order valence-corrected chi connectivity index (χ0v) is 13.8. The zero-order valence-electron chi connectivity index (χ0n) is 13.0. The summed E-state index contributed by atoms with van der Waals surface area (Å²) in [6.45, 7) is 3.74. The summed E-state index contributed by atoms with van der Waals surface area (Å²) < 4.78 is 30.9. The summed E-state index contributed by atoms with van der Waals surface area (Å²) in [6, 6.07) is 7.70. The van der Waals surface area contributed by atoms with Crippen molar-refractivity contribution in [3.05, 3.63) is 35.9 Å². The first-order chi connectivity index (χ1) is 10.9. The minimum absolute atomic E-state index is 0.135. The molecule has 0 N–H and O–H groups in total. The lowest BCUT2D eigenvalue weighted by molar-refractivity contribution is 0.501. The van der Waals surface area contributed by atoms with Crippen LogP contribution >= 0.6 is 0 Å². The molecule has 0 unspecified atom stereocenters. The molecule has 0 amide bonds. The van der Waals surface area contributed by atoms with Crippen molar-refractivity contribution in [2.24, 2.45) is 0 Å². The highest BCUT2D eigenvalue weighted by Gasteiger charge is 2.31. The van der Waals surface area contributed by atoms with Crippen LogP contribution in [-0.2, 0) is 9.84 Å². The fraction of sp³-hybridized carbons (Fsp3) is 0.375. The molecule has 6 nitrogen and oxygen atoms in total. The Labute approximate surface area is 134 Å². The monoisotopic (exact) mass is 331 g/mol. The van der Waals surface area contributed by atoms with Crippen molar-refractivity contribution in [2.75, 3.05) is 11.5 Å². The molecule has 1 saturated heterocycles. The molecule has 1 aliphatic heterocycles. The number of hydrogen-bond donors (Lipinski definition) is 0. The van der Waals surface area contributed by atoms with Crippen molar-refractivity contribution >= 4 is 20.8 Å². The summed E-state index contributed by atoms with van der Waals surface area (Å²) in [6.07, 6.45) is 0.588. The summed E-state index contributed by atoms with van der Waals surface area (Å²) in [5, 5.41) is 5.44. The van der Waals surface area contributed by atoms with E-state index in [2.05, 4.69) is 10.1 Å².